The molecule has 7 heteroatoms. The van der Waals surface area contributed by atoms with Crippen molar-refractivity contribution >= 4 is 23.5 Å². The van der Waals surface area contributed by atoms with Gasteiger partial charge in [0.2, 0.25) is 5.91 Å². The number of nitrogens with one attached hydrogen (secondary N) is 1. The second-order valence-corrected chi connectivity index (χ2v) is 9.39. The highest BCUT2D eigenvalue weighted by Gasteiger charge is 2.17. The van der Waals surface area contributed by atoms with Gasteiger partial charge in [0, 0.05) is 29.5 Å². The molecule has 2 heterocycles. The molecule has 0 aliphatic rings. The van der Waals surface area contributed by atoms with Crippen molar-refractivity contribution in [3.8, 4) is 34.2 Å². The third kappa shape index (κ3) is 6.09. The van der Waals surface area contributed by atoms with Crippen molar-refractivity contribution in [2.24, 2.45) is 0 Å². The Morgan fingerprint density at radius 2 is 1.69 bits per heavy atom. The predicted octanol–water partition coefficient (Wildman–Crippen LogP) is 6.43. The SMILES string of the molecule is COc1ccc(-c2cc(-c3ccc(C)cc3)c(C#N)c(SCCC(=O)Nc3ccc(C)cn3)n2)cc1. The van der Waals surface area contributed by atoms with Crippen LogP contribution in [0.4, 0.5) is 5.82 Å². The summed E-state index contributed by atoms with van der Waals surface area (Å²) in [4.78, 5) is 21.5. The van der Waals surface area contributed by atoms with Crippen molar-refractivity contribution in [1.29, 1.82) is 5.26 Å². The van der Waals surface area contributed by atoms with Crippen molar-refractivity contribution in [3.05, 3.63) is 89.6 Å². The topological polar surface area (TPSA) is 87.9 Å². The van der Waals surface area contributed by atoms with Gasteiger partial charge in [0.25, 0.3) is 0 Å². The van der Waals surface area contributed by atoms with Gasteiger partial charge in [0.05, 0.1) is 18.4 Å². The van der Waals surface area contributed by atoms with Crippen LogP contribution in [0.25, 0.3) is 22.4 Å². The van der Waals surface area contributed by atoms with Crippen LogP contribution in [0, 0.1) is 25.2 Å². The van der Waals surface area contributed by atoms with Crippen LogP contribution in [-0.4, -0.2) is 28.7 Å². The second-order valence-electron chi connectivity index (χ2n) is 8.31. The van der Waals surface area contributed by atoms with E-state index in [0.29, 0.717) is 22.2 Å². The van der Waals surface area contributed by atoms with E-state index in [1.807, 2.05) is 74.5 Å². The van der Waals surface area contributed by atoms with Crippen molar-refractivity contribution in [1.82, 2.24) is 9.97 Å². The quantitative estimate of drug-likeness (QED) is 0.284. The zero-order chi connectivity index (χ0) is 25.5. The number of carbonyl (C=O) groups excluding carboxylic acids is 1. The Morgan fingerprint density at radius 3 is 2.33 bits per heavy atom. The highest BCUT2D eigenvalue weighted by atomic mass is 32.2. The molecular weight excluding hydrogens is 468 g/mol. The number of hydrogen-bond acceptors (Lipinski definition) is 6. The van der Waals surface area contributed by atoms with E-state index in [9.17, 15) is 10.1 Å². The molecule has 1 amide bonds. The summed E-state index contributed by atoms with van der Waals surface area (Å²) in [5.74, 6) is 1.62. The maximum absolute atomic E-state index is 12.4. The molecule has 0 fully saturated rings. The van der Waals surface area contributed by atoms with E-state index in [2.05, 4.69) is 16.4 Å². The van der Waals surface area contributed by atoms with Crippen LogP contribution in [0.15, 0.2) is 78.0 Å². The summed E-state index contributed by atoms with van der Waals surface area (Å²) in [6.07, 6.45) is 1.98. The Hall–Kier alpha value is -4.15. The average molecular weight is 495 g/mol. The van der Waals surface area contributed by atoms with Crippen LogP contribution in [0.5, 0.6) is 5.75 Å². The second kappa shape index (κ2) is 11.5. The van der Waals surface area contributed by atoms with E-state index in [4.69, 9.17) is 9.72 Å². The molecule has 0 unspecified atom stereocenters. The molecule has 0 aliphatic heterocycles. The standard InChI is InChI=1S/C29H26N4O2S/c1-19-4-7-21(8-5-19)24-16-26(22-9-11-23(35-3)12-10-22)32-29(25(24)17-30)36-15-14-28(34)33-27-13-6-20(2)18-31-27/h4-13,16,18H,14-15H2,1-3H3,(H,31,33,34). The number of aromatic nitrogens is 2. The van der Waals surface area contributed by atoms with Gasteiger partial charge < -0.3 is 10.1 Å². The number of ether oxygens (including phenoxy) is 1. The molecule has 0 bridgehead atoms. The number of benzene rings is 2. The Labute approximate surface area is 215 Å². The van der Waals surface area contributed by atoms with Gasteiger partial charge in [0.1, 0.15) is 22.7 Å². The van der Waals surface area contributed by atoms with Gasteiger partial charge in [-0.1, -0.05) is 35.9 Å². The first-order valence-electron chi connectivity index (χ1n) is 11.5. The third-order valence-corrected chi connectivity index (χ3v) is 6.57. The molecule has 4 aromatic rings. The van der Waals surface area contributed by atoms with Crippen LogP contribution in [0.3, 0.4) is 0 Å². The summed E-state index contributed by atoms with van der Waals surface area (Å²) in [6, 6.07) is 23.7. The fourth-order valence-corrected chi connectivity index (χ4v) is 4.54. The first kappa shape index (κ1) is 25.0. The number of nitriles is 1. The third-order valence-electron chi connectivity index (χ3n) is 5.59. The molecule has 2 aromatic carbocycles. The maximum atomic E-state index is 12.4. The zero-order valence-electron chi connectivity index (χ0n) is 20.4. The van der Waals surface area contributed by atoms with Gasteiger partial charge >= 0.3 is 0 Å². The first-order valence-corrected chi connectivity index (χ1v) is 12.5. The summed E-state index contributed by atoms with van der Waals surface area (Å²) in [5.41, 5.74) is 6.10. The molecule has 0 radical (unpaired) electrons. The van der Waals surface area contributed by atoms with Crippen LogP contribution in [0.1, 0.15) is 23.1 Å². The Bertz CT molecular complexity index is 1390. The van der Waals surface area contributed by atoms with Crippen LogP contribution in [-0.2, 0) is 4.79 Å². The Balaban J connectivity index is 1.61. The van der Waals surface area contributed by atoms with E-state index in [1.165, 1.54) is 11.8 Å². The normalized spacial score (nSPS) is 10.5. The molecule has 0 saturated heterocycles. The number of pyridine rings is 2. The monoisotopic (exact) mass is 494 g/mol. The molecule has 180 valence electrons. The lowest BCUT2D eigenvalue weighted by Crippen LogP contribution is -2.13. The lowest BCUT2D eigenvalue weighted by Gasteiger charge is -2.13. The number of aryl methyl sites for hydroxylation is 2. The molecule has 36 heavy (non-hydrogen) atoms. The number of carbonyl (C=O) groups is 1. The van der Waals surface area contributed by atoms with Crippen molar-refractivity contribution < 1.29 is 9.53 Å². The minimum Gasteiger partial charge on any atom is -0.497 e. The minimum absolute atomic E-state index is 0.137. The molecular formula is C29H26N4O2S. The highest BCUT2D eigenvalue weighted by Crippen LogP contribution is 2.35. The van der Waals surface area contributed by atoms with E-state index >= 15 is 0 Å². The van der Waals surface area contributed by atoms with Gasteiger partial charge in [-0.25, -0.2) is 9.97 Å². The molecule has 0 spiro atoms. The van der Waals surface area contributed by atoms with Gasteiger partial charge in [-0.05, 0) is 61.4 Å². The van der Waals surface area contributed by atoms with Crippen LogP contribution >= 0.6 is 11.8 Å². The van der Waals surface area contributed by atoms with Crippen molar-refractivity contribution in [3.63, 3.8) is 0 Å². The Kier molecular flexibility index (Phi) is 7.99. The molecule has 0 atom stereocenters. The van der Waals surface area contributed by atoms with E-state index in [1.54, 1.807) is 19.4 Å². The number of amides is 1. The fourth-order valence-electron chi connectivity index (χ4n) is 3.59. The number of methoxy groups -OCH3 is 1. The van der Waals surface area contributed by atoms with E-state index in [0.717, 1.165) is 39.3 Å². The molecule has 1 N–H and O–H groups in total. The lowest BCUT2D eigenvalue weighted by atomic mass is 9.98. The largest absolute Gasteiger partial charge is 0.497 e. The van der Waals surface area contributed by atoms with Crippen LogP contribution < -0.4 is 10.1 Å². The maximum Gasteiger partial charge on any atom is 0.226 e. The minimum atomic E-state index is -0.137. The van der Waals surface area contributed by atoms with E-state index < -0.39 is 0 Å². The van der Waals surface area contributed by atoms with Gasteiger partial charge in [-0.15, -0.1) is 11.8 Å². The summed E-state index contributed by atoms with van der Waals surface area (Å²) in [5, 5.41) is 13.5. The average Bonchev–Trinajstić information content (AvgIpc) is 2.90. The number of hydrogen-bond donors (Lipinski definition) is 1. The zero-order valence-corrected chi connectivity index (χ0v) is 21.2. The molecule has 0 saturated carbocycles. The summed E-state index contributed by atoms with van der Waals surface area (Å²) >= 11 is 1.40. The smallest absolute Gasteiger partial charge is 0.226 e. The fraction of sp³-hybridized carbons (Fsp3) is 0.172. The van der Waals surface area contributed by atoms with Gasteiger partial charge in [0.15, 0.2) is 0 Å². The highest BCUT2D eigenvalue weighted by molar-refractivity contribution is 7.99. The van der Waals surface area contributed by atoms with Crippen molar-refractivity contribution in [2.75, 3.05) is 18.2 Å². The number of thioether (sulfide) groups is 1. The summed E-state index contributed by atoms with van der Waals surface area (Å²) in [6.45, 7) is 3.97. The summed E-state index contributed by atoms with van der Waals surface area (Å²) < 4.78 is 5.28. The lowest BCUT2D eigenvalue weighted by molar-refractivity contribution is -0.115. The number of anilines is 1. The predicted molar refractivity (Wildman–Crippen MR) is 144 cm³/mol. The molecule has 4 rings (SSSR count). The van der Waals surface area contributed by atoms with Gasteiger partial charge in [-0.2, -0.15) is 5.26 Å². The number of nitrogens with zero attached hydrogens (tertiary/aromatic N) is 3. The molecule has 2 aromatic heterocycles. The van der Waals surface area contributed by atoms with Crippen molar-refractivity contribution in [2.45, 2.75) is 25.3 Å². The Morgan fingerprint density at radius 1 is 1.00 bits per heavy atom. The first-order chi connectivity index (χ1) is 17.5. The van der Waals surface area contributed by atoms with Gasteiger partial charge in [-0.3, -0.25) is 4.79 Å². The number of rotatable bonds is 8. The molecule has 0 aliphatic carbocycles. The van der Waals surface area contributed by atoms with E-state index in [-0.39, 0.29) is 12.3 Å². The summed E-state index contributed by atoms with van der Waals surface area (Å²) in [7, 11) is 1.63. The molecule has 6 nitrogen and oxygen atoms in total. The van der Waals surface area contributed by atoms with Crippen LogP contribution in [0.2, 0.25) is 0 Å².